The highest BCUT2D eigenvalue weighted by Crippen LogP contribution is 2.21. The van der Waals surface area contributed by atoms with Crippen LogP contribution in [0.4, 0.5) is 0 Å². The van der Waals surface area contributed by atoms with Gasteiger partial charge in [0, 0.05) is 25.9 Å². The van der Waals surface area contributed by atoms with Crippen LogP contribution in [0, 0.1) is 5.92 Å². The van der Waals surface area contributed by atoms with Gasteiger partial charge in [0.25, 0.3) is 0 Å². The third kappa shape index (κ3) is 14.2. The number of aliphatic imine (C=N–C) groups is 1. The second-order valence-corrected chi connectivity index (χ2v) is 11.0. The minimum atomic E-state index is -1.46. The summed E-state index contributed by atoms with van der Waals surface area (Å²) in [6.07, 6.45) is -1.74. The van der Waals surface area contributed by atoms with E-state index in [4.69, 9.17) is 22.3 Å². The lowest BCUT2D eigenvalue weighted by Gasteiger charge is -2.29. The van der Waals surface area contributed by atoms with Gasteiger partial charge >= 0.3 is 11.9 Å². The number of aliphatic carboxylic acids is 2. The quantitative estimate of drug-likeness (QED) is 0.0361. The number of guanidine groups is 1. The van der Waals surface area contributed by atoms with Crippen LogP contribution in [0.15, 0.2) is 4.99 Å². The van der Waals surface area contributed by atoms with Crippen molar-refractivity contribution < 1.29 is 48.9 Å². The van der Waals surface area contributed by atoms with Gasteiger partial charge in [-0.2, -0.15) is 0 Å². The van der Waals surface area contributed by atoms with Crippen molar-refractivity contribution in [3.05, 3.63) is 0 Å². The number of likely N-dealkylation sites (tertiary alicyclic amines) is 1. The Labute approximate surface area is 259 Å². The first-order valence-electron chi connectivity index (χ1n) is 14.4. The number of β-amino-alcohol motifs (C(OH)–C–C–N with tert-alkyl or cyclic N) is 1. The number of nitrogens with one attached hydrogen (secondary N) is 4. The number of hydrogen-bond donors (Lipinski definition) is 10. The zero-order valence-corrected chi connectivity index (χ0v) is 25.4. The van der Waals surface area contributed by atoms with Gasteiger partial charge in [0.1, 0.15) is 24.2 Å². The maximum Gasteiger partial charge on any atom is 0.326 e. The molecule has 0 spiro atoms. The molecular weight excluding hydrogens is 598 g/mol. The molecule has 0 radical (unpaired) electrons. The fourth-order valence-electron chi connectivity index (χ4n) is 4.55. The Morgan fingerprint density at radius 2 is 1.58 bits per heavy atom. The number of rotatable bonds is 19. The third-order valence-electron chi connectivity index (χ3n) is 6.67. The Bertz CT molecular complexity index is 1110. The van der Waals surface area contributed by atoms with Crippen molar-refractivity contribution in [1.29, 1.82) is 0 Å². The van der Waals surface area contributed by atoms with Crippen molar-refractivity contribution in [2.45, 2.75) is 82.6 Å². The molecule has 13 N–H and O–H groups in total. The van der Waals surface area contributed by atoms with E-state index in [2.05, 4.69) is 26.3 Å². The number of nitrogens with zero attached hydrogens (tertiary/aromatic N) is 2. The molecule has 1 heterocycles. The summed E-state index contributed by atoms with van der Waals surface area (Å²) in [5.41, 5.74) is 15.8. The predicted octanol–water partition coefficient (Wildman–Crippen LogP) is -4.47. The summed E-state index contributed by atoms with van der Waals surface area (Å²) < 4.78 is 0. The number of carbonyl (C=O) groups is 7. The Balaban J connectivity index is 2.91. The first kappa shape index (κ1) is 38.5. The van der Waals surface area contributed by atoms with E-state index in [1.54, 1.807) is 0 Å². The highest BCUT2D eigenvalue weighted by molar-refractivity contribution is 5.95. The largest absolute Gasteiger partial charge is 0.481 e. The molecule has 1 rings (SSSR count). The van der Waals surface area contributed by atoms with Crippen LogP contribution in [0.3, 0.4) is 0 Å². The van der Waals surface area contributed by atoms with Crippen molar-refractivity contribution in [1.82, 2.24) is 26.2 Å². The number of carbonyl (C=O) groups excluding carboxylic acids is 5. The average Bonchev–Trinajstić information content (AvgIpc) is 3.35. The molecule has 5 atom stereocenters. The summed E-state index contributed by atoms with van der Waals surface area (Å²) >= 11 is 0. The number of hydrogen-bond acceptors (Lipinski definition) is 10. The Morgan fingerprint density at radius 1 is 0.933 bits per heavy atom. The van der Waals surface area contributed by atoms with Crippen molar-refractivity contribution >= 4 is 47.4 Å². The molecule has 1 saturated heterocycles. The van der Waals surface area contributed by atoms with Crippen LogP contribution in [0.2, 0.25) is 0 Å². The lowest BCUT2D eigenvalue weighted by molar-refractivity contribution is -0.143. The van der Waals surface area contributed by atoms with E-state index in [0.29, 0.717) is 0 Å². The van der Waals surface area contributed by atoms with Crippen LogP contribution in [-0.4, -0.2) is 124 Å². The minimum absolute atomic E-state index is 0.0118. The molecule has 0 saturated carbocycles. The van der Waals surface area contributed by atoms with Gasteiger partial charge in [-0.15, -0.1) is 0 Å². The molecule has 19 heteroatoms. The lowest BCUT2D eigenvalue weighted by atomic mass is 10.0. The monoisotopic (exact) mass is 643 g/mol. The Kier molecular flexibility index (Phi) is 16.3. The van der Waals surface area contributed by atoms with Crippen LogP contribution in [-0.2, 0) is 33.6 Å². The molecule has 0 aliphatic carbocycles. The zero-order valence-electron chi connectivity index (χ0n) is 25.4. The molecule has 0 aromatic rings. The van der Waals surface area contributed by atoms with Crippen molar-refractivity contribution in [2.75, 3.05) is 26.2 Å². The van der Waals surface area contributed by atoms with Crippen LogP contribution >= 0.6 is 0 Å². The molecular formula is C26H45N9O10. The molecule has 1 aliphatic rings. The number of aliphatic hydroxyl groups is 1. The van der Waals surface area contributed by atoms with E-state index in [1.807, 2.05) is 13.8 Å². The number of nitrogens with two attached hydrogens (primary N) is 3. The second kappa shape index (κ2) is 19.0. The third-order valence-corrected chi connectivity index (χ3v) is 6.67. The van der Waals surface area contributed by atoms with Crippen molar-refractivity contribution in [3.63, 3.8) is 0 Å². The highest BCUT2D eigenvalue weighted by atomic mass is 16.4. The van der Waals surface area contributed by atoms with E-state index in [-0.39, 0.29) is 63.6 Å². The topological polar surface area (TPSA) is 322 Å². The molecule has 1 aliphatic heterocycles. The lowest BCUT2D eigenvalue weighted by Crippen LogP contribution is -2.56. The normalized spacial score (nSPS) is 17.8. The standard InChI is InChI=1S/C26H45N9O10/c1-13(2)8-17(33-19(37)10-27)24(43)35-12-14(36)9-18(35)23(42)31-11-20(38)32-15(5-6-21(39)40)22(41)34-16(25(44)45)4-3-7-30-26(28)29/h13-18,36H,3-12,27H2,1-2H3,(H,31,42)(H,32,38)(H,33,37)(H,34,41)(H,39,40)(H,44,45)(H4,28,29,30)/t14-,15+,16+,17+,18+/m1/s1. The zero-order chi connectivity index (χ0) is 34.3. The van der Waals surface area contributed by atoms with Gasteiger partial charge in [0.05, 0.1) is 19.2 Å². The van der Waals surface area contributed by atoms with Crippen molar-refractivity contribution in [3.8, 4) is 0 Å². The summed E-state index contributed by atoms with van der Waals surface area (Å²) in [7, 11) is 0. The van der Waals surface area contributed by atoms with Gasteiger partial charge in [-0.3, -0.25) is 33.8 Å². The Morgan fingerprint density at radius 3 is 2.13 bits per heavy atom. The molecule has 0 aromatic heterocycles. The number of carboxylic acids is 2. The van der Waals surface area contributed by atoms with Gasteiger partial charge in [0.2, 0.25) is 29.5 Å². The fraction of sp³-hybridized carbons (Fsp3) is 0.692. The molecule has 0 bridgehead atoms. The van der Waals surface area contributed by atoms with Gasteiger partial charge in [0.15, 0.2) is 5.96 Å². The van der Waals surface area contributed by atoms with Gasteiger partial charge < -0.3 is 58.7 Å². The number of aliphatic hydroxyl groups excluding tert-OH is 1. The smallest absolute Gasteiger partial charge is 0.326 e. The summed E-state index contributed by atoms with van der Waals surface area (Å²) in [5.74, 6) is -6.69. The van der Waals surface area contributed by atoms with Crippen LogP contribution < -0.4 is 38.5 Å². The number of amides is 5. The fourth-order valence-corrected chi connectivity index (χ4v) is 4.55. The van der Waals surface area contributed by atoms with Crippen LogP contribution in [0.25, 0.3) is 0 Å². The molecule has 45 heavy (non-hydrogen) atoms. The summed E-state index contributed by atoms with van der Waals surface area (Å²) in [6.45, 7) is 2.53. The molecule has 1 fully saturated rings. The minimum Gasteiger partial charge on any atom is -0.481 e. The second-order valence-electron chi connectivity index (χ2n) is 11.0. The molecule has 254 valence electrons. The summed E-state index contributed by atoms with van der Waals surface area (Å²) in [6, 6.07) is -5.02. The van der Waals surface area contributed by atoms with Crippen LogP contribution in [0.5, 0.6) is 0 Å². The van der Waals surface area contributed by atoms with Crippen LogP contribution in [0.1, 0.15) is 52.4 Å². The number of carboxylic acid groups (broad SMARTS) is 2. The van der Waals surface area contributed by atoms with Gasteiger partial charge in [-0.1, -0.05) is 13.8 Å². The van der Waals surface area contributed by atoms with Gasteiger partial charge in [-0.05, 0) is 31.6 Å². The maximum absolute atomic E-state index is 13.3. The Hall–Kier alpha value is -4.52. The first-order chi connectivity index (χ1) is 21.0. The van der Waals surface area contributed by atoms with Crippen molar-refractivity contribution in [2.24, 2.45) is 28.1 Å². The SMILES string of the molecule is CC(C)C[C@H](NC(=O)CN)C(=O)N1C[C@H](O)C[C@H]1C(=O)NCC(=O)N[C@@H](CCC(=O)O)C(=O)N[C@@H](CCCN=C(N)N)C(=O)O. The van der Waals surface area contributed by atoms with E-state index >= 15 is 0 Å². The molecule has 5 amide bonds. The summed E-state index contributed by atoms with van der Waals surface area (Å²) in [5, 5.41) is 38.2. The van der Waals surface area contributed by atoms with E-state index < -0.39 is 84.7 Å². The van der Waals surface area contributed by atoms with E-state index in [1.165, 1.54) is 0 Å². The molecule has 0 unspecified atom stereocenters. The van der Waals surface area contributed by atoms with E-state index in [0.717, 1.165) is 4.90 Å². The first-order valence-corrected chi connectivity index (χ1v) is 14.4. The van der Waals surface area contributed by atoms with Gasteiger partial charge in [-0.25, -0.2) is 4.79 Å². The maximum atomic E-state index is 13.3. The average molecular weight is 644 g/mol. The summed E-state index contributed by atoms with van der Waals surface area (Å²) in [4.78, 5) is 91.3. The predicted molar refractivity (Wildman–Crippen MR) is 158 cm³/mol. The van der Waals surface area contributed by atoms with E-state index in [9.17, 15) is 43.8 Å². The molecule has 0 aromatic carbocycles. The highest BCUT2D eigenvalue weighted by Gasteiger charge is 2.41. The molecule has 19 nitrogen and oxygen atoms in total.